The number of aromatic nitrogens is 2. The van der Waals surface area contributed by atoms with Crippen LogP contribution in [0.5, 0.6) is 0 Å². The molecule has 1 aliphatic heterocycles. The molecular weight excluding hydrogens is 328 g/mol. The fraction of sp³-hybridized carbons (Fsp3) is 0.438. The van der Waals surface area contributed by atoms with Crippen LogP contribution in [0, 0.1) is 0 Å². The number of rotatable bonds is 5. The Hall–Kier alpha value is -2.19. The van der Waals surface area contributed by atoms with Crippen molar-refractivity contribution >= 4 is 23.2 Å². The third-order valence-corrected chi connectivity index (χ3v) is 5.11. The number of aromatic carboxylic acids is 1. The van der Waals surface area contributed by atoms with Crippen molar-refractivity contribution in [2.45, 2.75) is 19.5 Å². The van der Waals surface area contributed by atoms with Gasteiger partial charge < -0.3 is 10.0 Å². The summed E-state index contributed by atoms with van der Waals surface area (Å²) in [6.07, 6.45) is 2.67. The van der Waals surface area contributed by atoms with Crippen LogP contribution in [0.2, 0.25) is 0 Å². The van der Waals surface area contributed by atoms with Gasteiger partial charge in [0.1, 0.15) is 6.04 Å². The van der Waals surface area contributed by atoms with E-state index in [1.807, 2.05) is 4.90 Å². The van der Waals surface area contributed by atoms with Gasteiger partial charge in [0.25, 0.3) is 0 Å². The minimum absolute atomic E-state index is 0.0224. The summed E-state index contributed by atoms with van der Waals surface area (Å²) in [5.41, 5.74) is 0.0930. The predicted molar refractivity (Wildman–Crippen MR) is 90.1 cm³/mol. The number of carboxylic acid groups (broad SMARTS) is 1. The Morgan fingerprint density at radius 1 is 1.33 bits per heavy atom. The molecule has 0 saturated carbocycles. The zero-order chi connectivity index (χ0) is 17.1. The molecule has 0 radical (unpaired) electrons. The van der Waals surface area contributed by atoms with E-state index in [-0.39, 0.29) is 11.5 Å². The fourth-order valence-electron chi connectivity index (χ4n) is 2.79. The van der Waals surface area contributed by atoms with Crippen LogP contribution < -0.4 is 0 Å². The number of nitrogens with zero attached hydrogens (tertiary/aromatic N) is 4. The molecule has 2 aromatic rings. The van der Waals surface area contributed by atoms with E-state index in [4.69, 9.17) is 5.11 Å². The number of carbonyl (C=O) groups excluding carboxylic acids is 1. The highest BCUT2D eigenvalue weighted by Gasteiger charge is 2.26. The van der Waals surface area contributed by atoms with Gasteiger partial charge in [-0.05, 0) is 18.4 Å². The molecule has 24 heavy (non-hydrogen) atoms. The van der Waals surface area contributed by atoms with Crippen molar-refractivity contribution in [1.29, 1.82) is 0 Å². The van der Waals surface area contributed by atoms with Gasteiger partial charge in [-0.15, -0.1) is 11.3 Å². The van der Waals surface area contributed by atoms with E-state index >= 15 is 0 Å². The Morgan fingerprint density at radius 2 is 2.08 bits per heavy atom. The molecule has 1 saturated heterocycles. The predicted octanol–water partition coefficient (Wildman–Crippen LogP) is 1.55. The SMILES string of the molecule is CC(C(=O)N1CCN(Cc2cccs2)CC1)n1cc(C(=O)O)cn1. The van der Waals surface area contributed by atoms with Crippen LogP contribution in [0.1, 0.15) is 28.2 Å². The lowest BCUT2D eigenvalue weighted by atomic mass is 10.2. The summed E-state index contributed by atoms with van der Waals surface area (Å²) in [7, 11) is 0. The van der Waals surface area contributed by atoms with E-state index in [1.165, 1.54) is 22.0 Å². The molecular formula is C16H20N4O3S. The molecule has 3 heterocycles. The Labute approximate surface area is 144 Å². The van der Waals surface area contributed by atoms with Crippen molar-refractivity contribution in [3.05, 3.63) is 40.3 Å². The van der Waals surface area contributed by atoms with Crippen molar-refractivity contribution in [3.63, 3.8) is 0 Å². The van der Waals surface area contributed by atoms with Gasteiger partial charge >= 0.3 is 5.97 Å². The van der Waals surface area contributed by atoms with Gasteiger partial charge in [-0.3, -0.25) is 14.4 Å². The molecule has 0 aliphatic carbocycles. The number of hydrogen-bond donors (Lipinski definition) is 1. The molecule has 7 nitrogen and oxygen atoms in total. The molecule has 0 spiro atoms. The Bertz CT molecular complexity index is 705. The molecule has 3 rings (SSSR count). The first-order valence-electron chi connectivity index (χ1n) is 7.85. The molecule has 1 atom stereocenters. The van der Waals surface area contributed by atoms with Crippen molar-refractivity contribution in [3.8, 4) is 0 Å². The van der Waals surface area contributed by atoms with Crippen molar-refractivity contribution in [1.82, 2.24) is 19.6 Å². The van der Waals surface area contributed by atoms with E-state index in [0.29, 0.717) is 13.1 Å². The van der Waals surface area contributed by atoms with Crippen LogP contribution in [0.3, 0.4) is 0 Å². The molecule has 1 aliphatic rings. The summed E-state index contributed by atoms with van der Waals surface area (Å²) in [5, 5.41) is 15.0. The van der Waals surface area contributed by atoms with Gasteiger partial charge in [0.2, 0.25) is 5.91 Å². The number of piperazine rings is 1. The van der Waals surface area contributed by atoms with E-state index in [9.17, 15) is 9.59 Å². The first-order valence-corrected chi connectivity index (χ1v) is 8.73. The number of amides is 1. The maximum atomic E-state index is 12.6. The molecule has 0 aromatic carbocycles. The summed E-state index contributed by atoms with van der Waals surface area (Å²) in [4.78, 5) is 29.0. The van der Waals surface area contributed by atoms with Crippen LogP contribution in [0.4, 0.5) is 0 Å². The van der Waals surface area contributed by atoms with E-state index in [0.717, 1.165) is 19.6 Å². The zero-order valence-corrected chi connectivity index (χ0v) is 14.3. The normalized spacial score (nSPS) is 17.0. The Morgan fingerprint density at radius 3 is 2.67 bits per heavy atom. The molecule has 128 valence electrons. The second-order valence-corrected chi connectivity index (χ2v) is 6.90. The van der Waals surface area contributed by atoms with Crippen LogP contribution in [0.25, 0.3) is 0 Å². The minimum atomic E-state index is -1.04. The molecule has 1 N–H and O–H groups in total. The van der Waals surface area contributed by atoms with E-state index in [2.05, 4.69) is 27.5 Å². The molecule has 1 amide bonds. The Balaban J connectivity index is 1.55. The number of carbonyl (C=O) groups is 2. The van der Waals surface area contributed by atoms with E-state index < -0.39 is 12.0 Å². The van der Waals surface area contributed by atoms with Gasteiger partial charge in [0, 0.05) is 43.8 Å². The summed E-state index contributed by atoms with van der Waals surface area (Å²) < 4.78 is 1.42. The lowest BCUT2D eigenvalue weighted by Crippen LogP contribution is -2.49. The quantitative estimate of drug-likeness (QED) is 0.887. The molecule has 1 fully saturated rings. The maximum Gasteiger partial charge on any atom is 0.338 e. The highest BCUT2D eigenvalue weighted by molar-refractivity contribution is 7.09. The van der Waals surface area contributed by atoms with Crippen molar-refractivity contribution in [2.24, 2.45) is 0 Å². The number of carboxylic acids is 1. The average Bonchev–Trinajstić information content (AvgIpc) is 3.26. The topological polar surface area (TPSA) is 78.7 Å². The fourth-order valence-corrected chi connectivity index (χ4v) is 3.53. The van der Waals surface area contributed by atoms with E-state index in [1.54, 1.807) is 18.3 Å². The highest BCUT2D eigenvalue weighted by Crippen LogP contribution is 2.16. The van der Waals surface area contributed by atoms with Crippen molar-refractivity contribution < 1.29 is 14.7 Å². The Kier molecular flexibility index (Phi) is 4.96. The van der Waals surface area contributed by atoms with Gasteiger partial charge in [-0.1, -0.05) is 6.07 Å². The molecule has 0 bridgehead atoms. The van der Waals surface area contributed by atoms with Crippen LogP contribution in [0.15, 0.2) is 29.9 Å². The zero-order valence-electron chi connectivity index (χ0n) is 13.5. The standard InChI is InChI=1S/C16H20N4O3S/c1-12(20-10-13(9-17-20)16(22)23)15(21)19-6-4-18(5-7-19)11-14-3-2-8-24-14/h2-3,8-10,12H,4-7,11H2,1H3,(H,22,23). The second kappa shape index (κ2) is 7.14. The van der Waals surface area contributed by atoms with Gasteiger partial charge in [0.15, 0.2) is 0 Å². The lowest BCUT2D eigenvalue weighted by molar-refractivity contribution is -0.136. The van der Waals surface area contributed by atoms with Crippen LogP contribution in [-0.4, -0.2) is 62.7 Å². The third kappa shape index (κ3) is 3.65. The lowest BCUT2D eigenvalue weighted by Gasteiger charge is -2.35. The first-order chi connectivity index (χ1) is 11.5. The smallest absolute Gasteiger partial charge is 0.338 e. The first kappa shape index (κ1) is 16.7. The van der Waals surface area contributed by atoms with Gasteiger partial charge in [-0.25, -0.2) is 4.79 Å². The summed E-state index contributed by atoms with van der Waals surface area (Å²) in [5.74, 6) is -1.06. The van der Waals surface area contributed by atoms with Gasteiger partial charge in [0.05, 0.1) is 11.8 Å². The highest BCUT2D eigenvalue weighted by atomic mass is 32.1. The number of thiophene rings is 1. The second-order valence-electron chi connectivity index (χ2n) is 5.87. The summed E-state index contributed by atoms with van der Waals surface area (Å²) in [6.45, 7) is 5.73. The maximum absolute atomic E-state index is 12.6. The largest absolute Gasteiger partial charge is 0.478 e. The minimum Gasteiger partial charge on any atom is -0.478 e. The average molecular weight is 348 g/mol. The third-order valence-electron chi connectivity index (χ3n) is 4.25. The van der Waals surface area contributed by atoms with Crippen LogP contribution in [-0.2, 0) is 11.3 Å². The molecule has 1 unspecified atom stereocenters. The molecule has 2 aromatic heterocycles. The monoisotopic (exact) mass is 348 g/mol. The van der Waals surface area contributed by atoms with Crippen LogP contribution >= 0.6 is 11.3 Å². The van der Waals surface area contributed by atoms with Crippen molar-refractivity contribution in [2.75, 3.05) is 26.2 Å². The summed E-state index contributed by atoms with van der Waals surface area (Å²) in [6, 6.07) is 3.68. The summed E-state index contributed by atoms with van der Waals surface area (Å²) >= 11 is 1.75. The number of hydrogen-bond acceptors (Lipinski definition) is 5. The van der Waals surface area contributed by atoms with Gasteiger partial charge in [-0.2, -0.15) is 5.10 Å². The molecule has 8 heteroatoms.